The second-order valence-corrected chi connectivity index (χ2v) is 19.2. The Morgan fingerprint density at radius 2 is 0.800 bits per heavy atom. The Bertz CT molecular complexity index is 536. The van der Waals surface area contributed by atoms with E-state index in [-0.39, 0.29) is 21.7 Å². The maximum atomic E-state index is 7.24. The molecule has 0 N–H and O–H groups in total. The number of allylic oxidation sites excluding steroid dienone is 4. The van der Waals surface area contributed by atoms with Gasteiger partial charge in [-0.05, 0) is 32.8 Å². The highest BCUT2D eigenvalue weighted by molar-refractivity contribution is 7.20. The average Bonchev–Trinajstić information content (AvgIpc) is 2.61. The van der Waals surface area contributed by atoms with Crippen LogP contribution in [0.3, 0.4) is 0 Å². The highest BCUT2D eigenvalue weighted by Crippen LogP contribution is 2.64. The van der Waals surface area contributed by atoms with Crippen LogP contribution in [0.1, 0.15) is 83.1 Å². The average molecular weight is 383 g/mol. The van der Waals surface area contributed by atoms with Gasteiger partial charge in [0, 0.05) is 5.54 Å². The Hall–Kier alpha value is -0.0131. The lowest BCUT2D eigenvalue weighted by Crippen LogP contribution is -2.35. The van der Waals surface area contributed by atoms with Crippen molar-refractivity contribution in [2.24, 2.45) is 21.7 Å². The Balaban J connectivity index is 4.16. The molecule has 0 fully saturated rings. The van der Waals surface area contributed by atoms with Crippen molar-refractivity contribution in [1.29, 1.82) is 0 Å². The van der Waals surface area contributed by atoms with Gasteiger partial charge in [0.1, 0.15) is 0 Å². The molecule has 1 aliphatic carbocycles. The predicted octanol–water partition coefficient (Wildman–Crippen LogP) is 8.59. The Kier molecular flexibility index (Phi) is 5.77. The van der Waals surface area contributed by atoms with Crippen LogP contribution in [-0.2, 0) is 0 Å². The van der Waals surface area contributed by atoms with E-state index in [4.69, 9.17) is 11.1 Å². The van der Waals surface area contributed by atoms with Gasteiger partial charge < -0.3 is 0 Å². The standard InChI is InChI=1S/C23H43ClSi/c1-20(2,3)15-16(21(4,5)6)18(23(10,11)12)19(25(13,14)24)17(15)22(7,8)9/h19H,1-14H3. The lowest BCUT2D eigenvalue weighted by Gasteiger charge is -2.40. The van der Waals surface area contributed by atoms with Gasteiger partial charge in [0.25, 0.3) is 0 Å². The normalized spacial score (nSPS) is 19.3. The van der Waals surface area contributed by atoms with E-state index >= 15 is 0 Å². The van der Waals surface area contributed by atoms with Crippen molar-refractivity contribution in [1.82, 2.24) is 0 Å². The first-order valence-corrected chi connectivity index (χ1v) is 13.9. The van der Waals surface area contributed by atoms with Crippen LogP contribution in [0, 0.1) is 21.7 Å². The molecular formula is C23H43ClSi. The molecule has 0 bridgehead atoms. The minimum atomic E-state index is -1.95. The first kappa shape index (κ1) is 23.0. The maximum absolute atomic E-state index is 7.24. The molecule has 2 heteroatoms. The molecule has 0 atom stereocenters. The molecule has 0 aromatic heterocycles. The third kappa shape index (κ3) is 4.64. The van der Waals surface area contributed by atoms with Crippen LogP contribution in [0.5, 0.6) is 0 Å². The topological polar surface area (TPSA) is 0 Å². The highest BCUT2D eigenvalue weighted by atomic mass is 35.6. The van der Waals surface area contributed by atoms with E-state index in [2.05, 4.69) is 96.2 Å². The summed E-state index contributed by atoms with van der Waals surface area (Å²) in [5.41, 5.74) is 7.29. The Labute approximate surface area is 164 Å². The number of halogens is 1. The van der Waals surface area contributed by atoms with Gasteiger partial charge in [-0.1, -0.05) is 107 Å². The lowest BCUT2D eigenvalue weighted by atomic mass is 9.68. The minimum absolute atomic E-state index is 0.118. The van der Waals surface area contributed by atoms with Gasteiger partial charge in [0.15, 0.2) is 7.38 Å². The van der Waals surface area contributed by atoms with E-state index in [0.717, 1.165) is 0 Å². The largest absolute Gasteiger partial charge is 0.167 e. The zero-order valence-corrected chi connectivity index (χ0v) is 21.2. The molecule has 1 rings (SSSR count). The van der Waals surface area contributed by atoms with E-state index in [9.17, 15) is 0 Å². The van der Waals surface area contributed by atoms with Crippen molar-refractivity contribution in [2.45, 2.75) is 102 Å². The fourth-order valence-electron chi connectivity index (χ4n) is 4.56. The number of hydrogen-bond donors (Lipinski definition) is 0. The zero-order valence-electron chi connectivity index (χ0n) is 19.5. The van der Waals surface area contributed by atoms with Crippen molar-refractivity contribution in [2.75, 3.05) is 0 Å². The van der Waals surface area contributed by atoms with Crippen molar-refractivity contribution < 1.29 is 0 Å². The van der Waals surface area contributed by atoms with E-state index in [0.29, 0.717) is 5.54 Å². The molecule has 0 radical (unpaired) electrons. The molecule has 1 aliphatic rings. The molecule has 0 saturated carbocycles. The van der Waals surface area contributed by atoms with Gasteiger partial charge in [-0.25, -0.2) is 0 Å². The third-order valence-electron chi connectivity index (χ3n) is 5.17. The molecule has 25 heavy (non-hydrogen) atoms. The second kappa shape index (κ2) is 6.26. The summed E-state index contributed by atoms with van der Waals surface area (Å²) in [6, 6.07) is 0. The summed E-state index contributed by atoms with van der Waals surface area (Å²) in [4.78, 5) is 0. The molecule has 0 aromatic carbocycles. The molecule has 0 unspecified atom stereocenters. The molecule has 146 valence electrons. The SMILES string of the molecule is CC(C)(C)C1=C(C(C)(C)C)C([Si](C)(C)Cl)C(C(C)(C)C)=C1C(C)(C)C. The monoisotopic (exact) mass is 382 g/mol. The van der Waals surface area contributed by atoms with E-state index < -0.39 is 7.38 Å². The van der Waals surface area contributed by atoms with Crippen molar-refractivity contribution in [3.8, 4) is 0 Å². The third-order valence-corrected chi connectivity index (χ3v) is 7.77. The summed E-state index contributed by atoms with van der Waals surface area (Å²) in [6.45, 7) is 33.2. The van der Waals surface area contributed by atoms with Crippen molar-refractivity contribution in [3.63, 3.8) is 0 Å². The van der Waals surface area contributed by atoms with Crippen LogP contribution in [0.25, 0.3) is 0 Å². The van der Waals surface area contributed by atoms with Crippen molar-refractivity contribution >= 4 is 18.5 Å². The summed E-state index contributed by atoms with van der Waals surface area (Å²) < 4.78 is 0. The number of hydrogen-bond acceptors (Lipinski definition) is 0. The zero-order chi connectivity index (χ0) is 20.4. The molecule has 0 amide bonds. The van der Waals surface area contributed by atoms with Crippen molar-refractivity contribution in [3.05, 3.63) is 22.3 Å². The molecule has 0 heterocycles. The van der Waals surface area contributed by atoms with Crippen LogP contribution in [0.2, 0.25) is 18.6 Å². The first-order chi connectivity index (χ1) is 10.6. The summed E-state index contributed by atoms with van der Waals surface area (Å²) in [7, 11) is -1.95. The van der Waals surface area contributed by atoms with Crippen LogP contribution in [0.4, 0.5) is 0 Å². The smallest absolute Gasteiger partial charge is 0.161 e. The summed E-state index contributed by atoms with van der Waals surface area (Å²) in [6.07, 6.45) is 0. The Morgan fingerprint density at radius 1 is 0.560 bits per heavy atom. The molecular weight excluding hydrogens is 340 g/mol. The highest BCUT2D eigenvalue weighted by Gasteiger charge is 2.52. The van der Waals surface area contributed by atoms with E-state index in [1.165, 1.54) is 0 Å². The first-order valence-electron chi connectivity index (χ1n) is 9.81. The summed E-state index contributed by atoms with van der Waals surface area (Å²) in [5, 5.41) is 0. The molecule has 0 aromatic rings. The molecule has 0 nitrogen and oxygen atoms in total. The van der Waals surface area contributed by atoms with Crippen LogP contribution in [-0.4, -0.2) is 7.38 Å². The van der Waals surface area contributed by atoms with Gasteiger partial charge >= 0.3 is 0 Å². The van der Waals surface area contributed by atoms with Gasteiger partial charge in [0.05, 0.1) is 0 Å². The second-order valence-electron chi connectivity index (χ2n) is 12.6. The van der Waals surface area contributed by atoms with E-state index in [1.807, 2.05) is 0 Å². The van der Waals surface area contributed by atoms with E-state index in [1.54, 1.807) is 22.3 Å². The van der Waals surface area contributed by atoms with Crippen LogP contribution in [0.15, 0.2) is 22.3 Å². The minimum Gasteiger partial charge on any atom is -0.167 e. The van der Waals surface area contributed by atoms with Gasteiger partial charge in [-0.3, -0.25) is 0 Å². The fraction of sp³-hybridized carbons (Fsp3) is 0.826. The predicted molar refractivity (Wildman–Crippen MR) is 119 cm³/mol. The van der Waals surface area contributed by atoms with Crippen LogP contribution >= 0.6 is 11.1 Å². The summed E-state index contributed by atoms with van der Waals surface area (Å²) in [5.74, 6) is 0. The molecule has 0 aliphatic heterocycles. The Morgan fingerprint density at radius 3 is 0.920 bits per heavy atom. The molecule has 0 spiro atoms. The van der Waals surface area contributed by atoms with Gasteiger partial charge in [-0.2, -0.15) is 11.1 Å². The fourth-order valence-corrected chi connectivity index (χ4v) is 7.75. The number of rotatable bonds is 1. The maximum Gasteiger partial charge on any atom is 0.161 e. The quantitative estimate of drug-likeness (QED) is 0.314. The van der Waals surface area contributed by atoms with Gasteiger partial charge in [0.2, 0.25) is 0 Å². The van der Waals surface area contributed by atoms with Gasteiger partial charge in [-0.15, -0.1) is 0 Å². The summed E-state index contributed by atoms with van der Waals surface area (Å²) >= 11 is 7.24. The van der Waals surface area contributed by atoms with Crippen LogP contribution < -0.4 is 0 Å². The molecule has 0 saturated heterocycles. The lowest BCUT2D eigenvalue weighted by molar-refractivity contribution is 0.418.